The summed E-state index contributed by atoms with van der Waals surface area (Å²) in [7, 11) is 0. The number of ether oxygens (including phenoxy) is 1. The minimum absolute atomic E-state index is 0.00958. The van der Waals surface area contributed by atoms with E-state index < -0.39 is 23.0 Å². The molecule has 0 spiro atoms. The number of aryl methyl sites for hydroxylation is 1. The summed E-state index contributed by atoms with van der Waals surface area (Å²) in [5, 5.41) is 13.9. The van der Waals surface area contributed by atoms with Gasteiger partial charge in [0.1, 0.15) is 17.4 Å². The van der Waals surface area contributed by atoms with Crippen molar-refractivity contribution in [2.75, 3.05) is 0 Å². The fourth-order valence-corrected chi connectivity index (χ4v) is 6.04. The van der Waals surface area contributed by atoms with Crippen LogP contribution < -0.4 is 10.6 Å². The van der Waals surface area contributed by atoms with Crippen LogP contribution in [0.2, 0.25) is 0 Å². The van der Waals surface area contributed by atoms with E-state index in [9.17, 15) is 9.90 Å². The van der Waals surface area contributed by atoms with Crippen LogP contribution in [0.25, 0.3) is 22.3 Å². The van der Waals surface area contributed by atoms with Crippen LogP contribution in [0.4, 0.5) is 8.78 Å². The summed E-state index contributed by atoms with van der Waals surface area (Å²) in [5.74, 6) is 4.29. The predicted molar refractivity (Wildman–Crippen MR) is 173 cm³/mol. The van der Waals surface area contributed by atoms with Crippen molar-refractivity contribution in [1.29, 1.82) is 0 Å². The number of aliphatic imine (C=N–C) groups is 1. The standard InChI is InChI=1S/C35H34F2N6O3/c1-35(22-6-4-5-21(15-22)8-11-32(44)45)13-3-2-7-23(43-38)18-39-19-27-25-12-14-40-30(25)17-29(37)33(27)46-24-9-10-28(36)26(16-24)34-41-20-31(35)42-34/h4-6,9-10,12,14-18,20,40H,2-3,7-8,11,13,19,38H2,1H3,(H,41,42)(H,44,45)/b39-18?,43-23-. The number of imidazole rings is 1. The first-order chi connectivity index (χ1) is 22.2. The number of carbonyl (C=O) groups is 1. The van der Waals surface area contributed by atoms with Crippen LogP contribution in [0.5, 0.6) is 11.5 Å². The smallest absolute Gasteiger partial charge is 0.303 e. The minimum atomic E-state index is -0.857. The number of carboxylic acids is 1. The van der Waals surface area contributed by atoms with Gasteiger partial charge in [0.15, 0.2) is 11.6 Å². The molecule has 236 valence electrons. The first-order valence-electron chi connectivity index (χ1n) is 15.1. The van der Waals surface area contributed by atoms with Gasteiger partial charge in [0.25, 0.3) is 0 Å². The largest absolute Gasteiger partial charge is 0.481 e. The van der Waals surface area contributed by atoms with Crippen molar-refractivity contribution in [3.8, 4) is 22.9 Å². The van der Waals surface area contributed by atoms with Gasteiger partial charge in [0.05, 0.1) is 17.8 Å². The molecule has 5 aromatic rings. The maximum atomic E-state index is 15.5. The van der Waals surface area contributed by atoms with Gasteiger partial charge in [-0.15, -0.1) is 0 Å². The second-order valence-corrected chi connectivity index (χ2v) is 11.7. The predicted octanol–water partition coefficient (Wildman–Crippen LogP) is 7.41. The van der Waals surface area contributed by atoms with Crippen LogP contribution >= 0.6 is 0 Å². The third kappa shape index (κ3) is 6.26. The Morgan fingerprint density at radius 1 is 1.13 bits per heavy atom. The summed E-state index contributed by atoms with van der Waals surface area (Å²) >= 11 is 0. The highest BCUT2D eigenvalue weighted by Gasteiger charge is 2.31. The summed E-state index contributed by atoms with van der Waals surface area (Å²) in [4.78, 5) is 26.7. The molecule has 0 fully saturated rings. The van der Waals surface area contributed by atoms with E-state index >= 15 is 8.78 Å². The number of H-pyrrole nitrogens is 2. The summed E-state index contributed by atoms with van der Waals surface area (Å²) in [5.41, 5.74) is 4.00. The number of carboxylic acid groups (broad SMARTS) is 1. The Morgan fingerprint density at radius 2 is 2.00 bits per heavy atom. The van der Waals surface area contributed by atoms with Crippen molar-refractivity contribution < 1.29 is 23.4 Å². The lowest BCUT2D eigenvalue weighted by Crippen LogP contribution is -2.24. The average molecular weight is 625 g/mol. The fourth-order valence-electron chi connectivity index (χ4n) is 6.04. The molecule has 0 amide bonds. The zero-order valence-electron chi connectivity index (χ0n) is 25.3. The van der Waals surface area contributed by atoms with Crippen molar-refractivity contribution in [3.05, 3.63) is 101 Å². The first-order valence-corrected chi connectivity index (χ1v) is 15.1. The zero-order valence-corrected chi connectivity index (χ0v) is 25.3. The van der Waals surface area contributed by atoms with Crippen LogP contribution in [0.15, 0.2) is 77.1 Å². The van der Waals surface area contributed by atoms with Gasteiger partial charge in [-0.05, 0) is 68.0 Å². The molecule has 0 saturated carbocycles. The highest BCUT2D eigenvalue weighted by molar-refractivity contribution is 6.30. The topological polar surface area (TPSA) is 142 Å². The maximum Gasteiger partial charge on any atom is 0.303 e. The van der Waals surface area contributed by atoms with Crippen molar-refractivity contribution in [2.45, 2.75) is 57.4 Å². The van der Waals surface area contributed by atoms with E-state index in [-0.39, 0.29) is 30.0 Å². The highest BCUT2D eigenvalue weighted by atomic mass is 19.1. The highest BCUT2D eigenvalue weighted by Crippen LogP contribution is 2.39. The molecular weight excluding hydrogens is 590 g/mol. The van der Waals surface area contributed by atoms with Crippen molar-refractivity contribution in [1.82, 2.24) is 15.0 Å². The van der Waals surface area contributed by atoms with Crippen molar-refractivity contribution in [2.24, 2.45) is 15.9 Å². The molecule has 0 aliphatic carbocycles. The number of halogens is 2. The Labute approximate surface area is 264 Å². The Bertz CT molecular complexity index is 1960. The van der Waals surface area contributed by atoms with Crippen LogP contribution in [0.1, 0.15) is 61.4 Å². The Kier molecular flexibility index (Phi) is 8.65. The number of fused-ring (bicyclic) bond motifs is 8. The molecule has 6 rings (SSSR count). The number of aromatic nitrogens is 3. The summed E-state index contributed by atoms with van der Waals surface area (Å²) in [6, 6.07) is 15.3. The molecular formula is C35H34F2N6O3. The maximum absolute atomic E-state index is 15.5. The summed E-state index contributed by atoms with van der Waals surface area (Å²) in [6.07, 6.45) is 8.28. The number of rotatable bonds is 4. The SMILES string of the molecule is CC1(c2cccc(CCC(=O)O)c2)CCCC/C(=N/N)C=NCc2c(c(F)cc3[nH]ccc23)Oc2ccc(F)c(c2)-c2ncc1[nH]2. The molecule has 3 heterocycles. The number of aliphatic carboxylic acids is 1. The van der Waals surface area contributed by atoms with E-state index in [2.05, 4.69) is 32.0 Å². The van der Waals surface area contributed by atoms with Gasteiger partial charge in [0, 0.05) is 58.7 Å². The minimum Gasteiger partial charge on any atom is -0.481 e. The van der Waals surface area contributed by atoms with E-state index in [0.717, 1.165) is 35.0 Å². The van der Waals surface area contributed by atoms with Crippen molar-refractivity contribution >= 4 is 28.8 Å². The van der Waals surface area contributed by atoms with E-state index in [1.165, 1.54) is 24.3 Å². The van der Waals surface area contributed by atoms with Crippen molar-refractivity contribution in [3.63, 3.8) is 0 Å². The number of hydrogen-bond donors (Lipinski definition) is 4. The Balaban J connectivity index is 1.45. The van der Waals surface area contributed by atoms with E-state index in [1.807, 2.05) is 30.3 Å². The van der Waals surface area contributed by atoms with Gasteiger partial charge in [-0.1, -0.05) is 30.7 Å². The average Bonchev–Trinajstić information content (AvgIpc) is 3.73. The van der Waals surface area contributed by atoms with Gasteiger partial charge in [0.2, 0.25) is 0 Å². The molecule has 1 aliphatic rings. The fraction of sp³-hybridized carbons (Fsp3) is 0.257. The third-order valence-electron chi connectivity index (χ3n) is 8.66. The Hall–Kier alpha value is -5.32. The number of nitrogens with one attached hydrogen (secondary N) is 2. The summed E-state index contributed by atoms with van der Waals surface area (Å²) in [6.45, 7) is 2.20. The van der Waals surface area contributed by atoms with Gasteiger partial charge in [-0.3, -0.25) is 9.79 Å². The van der Waals surface area contributed by atoms with Crippen LogP contribution in [-0.2, 0) is 23.2 Å². The second-order valence-electron chi connectivity index (χ2n) is 11.7. The van der Waals surface area contributed by atoms with Crippen LogP contribution in [-0.4, -0.2) is 38.0 Å². The Morgan fingerprint density at radius 3 is 2.83 bits per heavy atom. The first kappa shape index (κ1) is 30.7. The van der Waals surface area contributed by atoms with Gasteiger partial charge >= 0.3 is 5.97 Å². The number of hydrazone groups is 1. The molecule has 2 aromatic heterocycles. The normalized spacial score (nSPS) is 18.1. The zero-order chi connectivity index (χ0) is 32.3. The molecule has 4 bridgehead atoms. The van der Waals surface area contributed by atoms with Crippen LogP contribution in [0, 0.1) is 11.6 Å². The van der Waals surface area contributed by atoms with Gasteiger partial charge in [-0.25, -0.2) is 13.8 Å². The molecule has 0 radical (unpaired) electrons. The monoisotopic (exact) mass is 624 g/mol. The molecule has 1 unspecified atom stereocenters. The van der Waals surface area contributed by atoms with E-state index in [0.29, 0.717) is 41.9 Å². The number of hydrogen-bond acceptors (Lipinski definition) is 6. The molecule has 3 aromatic carbocycles. The van der Waals surface area contributed by atoms with E-state index in [1.54, 1.807) is 18.6 Å². The molecule has 9 nitrogen and oxygen atoms in total. The second kappa shape index (κ2) is 13.0. The lowest BCUT2D eigenvalue weighted by atomic mass is 9.75. The summed E-state index contributed by atoms with van der Waals surface area (Å²) < 4.78 is 36.9. The molecule has 46 heavy (non-hydrogen) atoms. The molecule has 1 aliphatic heterocycles. The van der Waals surface area contributed by atoms with Gasteiger partial charge in [-0.2, -0.15) is 5.10 Å². The molecule has 5 N–H and O–H groups in total. The molecule has 1 atom stereocenters. The third-order valence-corrected chi connectivity index (χ3v) is 8.66. The molecule has 0 saturated heterocycles. The van der Waals surface area contributed by atoms with Gasteiger partial charge < -0.3 is 25.7 Å². The number of nitrogens with two attached hydrogens (primary N) is 1. The number of aromatic amines is 2. The number of nitrogens with zero attached hydrogens (tertiary/aromatic N) is 3. The van der Waals surface area contributed by atoms with E-state index in [4.69, 9.17) is 10.6 Å². The lowest BCUT2D eigenvalue weighted by molar-refractivity contribution is -0.136. The molecule has 11 heteroatoms. The van der Waals surface area contributed by atoms with Crippen LogP contribution in [0.3, 0.4) is 0 Å². The quantitative estimate of drug-likeness (QED) is 0.122. The lowest BCUT2D eigenvalue weighted by Gasteiger charge is -2.30. The number of benzene rings is 3.